The molecule has 1 saturated heterocycles. The molecule has 0 radical (unpaired) electrons. The van der Waals surface area contributed by atoms with E-state index in [1.165, 1.54) is 0 Å². The van der Waals surface area contributed by atoms with Gasteiger partial charge in [0, 0.05) is 13.0 Å². The van der Waals surface area contributed by atoms with Crippen LogP contribution in [0.4, 0.5) is 0 Å². The molecule has 23 heavy (non-hydrogen) atoms. The quantitative estimate of drug-likeness (QED) is 0.826. The van der Waals surface area contributed by atoms with Gasteiger partial charge in [-0.15, -0.1) is 5.10 Å². The maximum atomic E-state index is 11.1. The maximum Gasteiger partial charge on any atom is 0.288 e. The van der Waals surface area contributed by atoms with Crippen LogP contribution in [0.2, 0.25) is 0 Å². The number of aromatic nitrogens is 5. The Balaban J connectivity index is 1.61. The lowest BCUT2D eigenvalue weighted by Crippen LogP contribution is -2.36. The average molecular weight is 319 g/mol. The minimum atomic E-state index is -0.606. The molecule has 0 unspecified atom stereocenters. The fourth-order valence-corrected chi connectivity index (χ4v) is 2.83. The van der Waals surface area contributed by atoms with Gasteiger partial charge in [0.25, 0.3) is 5.91 Å². The van der Waals surface area contributed by atoms with Gasteiger partial charge in [0.2, 0.25) is 11.7 Å². The van der Waals surface area contributed by atoms with Gasteiger partial charge in [-0.3, -0.25) is 9.69 Å². The number of carbonyl (C=O) groups is 1. The molecule has 3 rings (SSSR count). The smallest absolute Gasteiger partial charge is 0.288 e. The minimum Gasteiger partial charge on any atom is -0.363 e. The fourth-order valence-electron chi connectivity index (χ4n) is 2.83. The SMILES string of the molecule is CCCc1noc(CN2CCC[C@H](n3cnc(C(N)=O)n3)C2)n1. The van der Waals surface area contributed by atoms with E-state index in [1.54, 1.807) is 11.0 Å². The van der Waals surface area contributed by atoms with E-state index in [2.05, 4.69) is 32.0 Å². The molecule has 9 nitrogen and oxygen atoms in total. The van der Waals surface area contributed by atoms with Gasteiger partial charge in [-0.25, -0.2) is 9.67 Å². The molecule has 2 N–H and O–H groups in total. The predicted molar refractivity (Wildman–Crippen MR) is 80.4 cm³/mol. The maximum absolute atomic E-state index is 11.1. The Labute approximate surface area is 133 Å². The third-order valence-electron chi connectivity index (χ3n) is 3.93. The zero-order valence-electron chi connectivity index (χ0n) is 13.2. The Morgan fingerprint density at radius 3 is 3.13 bits per heavy atom. The molecule has 1 aliphatic heterocycles. The van der Waals surface area contributed by atoms with Crippen LogP contribution in [0.3, 0.4) is 0 Å². The highest BCUT2D eigenvalue weighted by Gasteiger charge is 2.24. The summed E-state index contributed by atoms with van der Waals surface area (Å²) in [7, 11) is 0. The lowest BCUT2D eigenvalue weighted by Gasteiger charge is -2.31. The van der Waals surface area contributed by atoms with Crippen LogP contribution in [0.5, 0.6) is 0 Å². The summed E-state index contributed by atoms with van der Waals surface area (Å²) in [6.07, 6.45) is 5.43. The van der Waals surface area contributed by atoms with Crippen molar-refractivity contribution in [2.24, 2.45) is 5.73 Å². The second kappa shape index (κ2) is 6.86. The van der Waals surface area contributed by atoms with Crippen molar-refractivity contribution < 1.29 is 9.32 Å². The molecule has 2 aromatic rings. The molecule has 9 heteroatoms. The number of piperidine rings is 1. The largest absolute Gasteiger partial charge is 0.363 e. The summed E-state index contributed by atoms with van der Waals surface area (Å²) in [5.41, 5.74) is 5.20. The molecule has 1 fully saturated rings. The van der Waals surface area contributed by atoms with Crippen molar-refractivity contribution in [3.05, 3.63) is 23.9 Å². The van der Waals surface area contributed by atoms with E-state index < -0.39 is 5.91 Å². The molecule has 1 aliphatic rings. The first-order chi connectivity index (χ1) is 11.2. The van der Waals surface area contributed by atoms with Crippen molar-refractivity contribution in [2.45, 2.75) is 45.2 Å². The van der Waals surface area contributed by atoms with Crippen LogP contribution >= 0.6 is 0 Å². The number of rotatable bonds is 6. The normalized spacial score (nSPS) is 19.1. The van der Waals surface area contributed by atoms with Crippen LogP contribution in [-0.4, -0.2) is 48.8 Å². The summed E-state index contributed by atoms with van der Waals surface area (Å²) in [4.78, 5) is 21.7. The Morgan fingerprint density at radius 2 is 2.39 bits per heavy atom. The van der Waals surface area contributed by atoms with Gasteiger partial charge in [-0.1, -0.05) is 12.1 Å². The summed E-state index contributed by atoms with van der Waals surface area (Å²) in [6.45, 7) is 4.49. The number of amides is 1. The third-order valence-corrected chi connectivity index (χ3v) is 3.93. The summed E-state index contributed by atoms with van der Waals surface area (Å²) in [5, 5.41) is 8.14. The van der Waals surface area contributed by atoms with E-state index in [0.717, 1.165) is 44.6 Å². The highest BCUT2D eigenvalue weighted by atomic mass is 16.5. The summed E-state index contributed by atoms with van der Waals surface area (Å²) < 4.78 is 7.02. The van der Waals surface area contributed by atoms with Gasteiger partial charge in [0.15, 0.2) is 5.82 Å². The van der Waals surface area contributed by atoms with Crippen molar-refractivity contribution in [2.75, 3.05) is 13.1 Å². The predicted octanol–water partition coefficient (Wildman–Crippen LogP) is 0.550. The van der Waals surface area contributed by atoms with Crippen LogP contribution in [0, 0.1) is 0 Å². The molecule has 0 aromatic carbocycles. The van der Waals surface area contributed by atoms with Crippen molar-refractivity contribution >= 4 is 5.91 Å². The van der Waals surface area contributed by atoms with Crippen LogP contribution < -0.4 is 5.73 Å². The molecule has 1 atom stereocenters. The average Bonchev–Trinajstić information content (AvgIpc) is 3.17. The summed E-state index contributed by atoms with van der Waals surface area (Å²) >= 11 is 0. The van der Waals surface area contributed by atoms with E-state index in [1.807, 2.05) is 0 Å². The Morgan fingerprint density at radius 1 is 1.52 bits per heavy atom. The first-order valence-electron chi connectivity index (χ1n) is 7.90. The molecule has 0 spiro atoms. The number of hydrogen-bond donors (Lipinski definition) is 1. The number of primary amides is 1. The van der Waals surface area contributed by atoms with Crippen LogP contribution in [0.15, 0.2) is 10.9 Å². The first-order valence-corrected chi connectivity index (χ1v) is 7.90. The zero-order valence-corrected chi connectivity index (χ0v) is 13.2. The van der Waals surface area contributed by atoms with E-state index in [9.17, 15) is 4.79 Å². The van der Waals surface area contributed by atoms with E-state index in [4.69, 9.17) is 10.3 Å². The molecular formula is C14H21N7O2. The number of nitrogens with two attached hydrogens (primary N) is 1. The van der Waals surface area contributed by atoms with E-state index >= 15 is 0 Å². The molecule has 0 aliphatic carbocycles. The second-order valence-corrected chi connectivity index (χ2v) is 5.80. The highest BCUT2D eigenvalue weighted by Crippen LogP contribution is 2.21. The van der Waals surface area contributed by atoms with E-state index in [-0.39, 0.29) is 11.9 Å². The molecule has 0 saturated carbocycles. The Hall–Kier alpha value is -2.29. The minimum absolute atomic E-state index is 0.0585. The molecular weight excluding hydrogens is 298 g/mol. The molecule has 2 aromatic heterocycles. The fraction of sp³-hybridized carbons (Fsp3) is 0.643. The van der Waals surface area contributed by atoms with Gasteiger partial charge in [-0.2, -0.15) is 4.98 Å². The zero-order chi connectivity index (χ0) is 16.2. The van der Waals surface area contributed by atoms with Crippen molar-refractivity contribution in [1.29, 1.82) is 0 Å². The van der Waals surface area contributed by atoms with E-state index in [0.29, 0.717) is 12.4 Å². The molecule has 3 heterocycles. The molecule has 1 amide bonds. The van der Waals surface area contributed by atoms with Gasteiger partial charge in [0.1, 0.15) is 6.33 Å². The number of hydrogen-bond acceptors (Lipinski definition) is 7. The van der Waals surface area contributed by atoms with Gasteiger partial charge < -0.3 is 10.3 Å². The number of likely N-dealkylation sites (tertiary alicyclic amines) is 1. The number of carbonyl (C=O) groups excluding carboxylic acids is 1. The van der Waals surface area contributed by atoms with Crippen LogP contribution in [-0.2, 0) is 13.0 Å². The highest BCUT2D eigenvalue weighted by molar-refractivity contribution is 5.88. The molecule has 124 valence electrons. The number of nitrogens with zero attached hydrogens (tertiary/aromatic N) is 6. The first kappa shape index (κ1) is 15.6. The Bertz CT molecular complexity index is 666. The van der Waals surface area contributed by atoms with Crippen LogP contribution in [0.25, 0.3) is 0 Å². The van der Waals surface area contributed by atoms with Crippen molar-refractivity contribution in [1.82, 2.24) is 29.8 Å². The monoisotopic (exact) mass is 319 g/mol. The molecule has 0 bridgehead atoms. The van der Waals surface area contributed by atoms with Gasteiger partial charge in [-0.05, 0) is 25.8 Å². The van der Waals surface area contributed by atoms with Crippen LogP contribution in [0.1, 0.15) is 54.6 Å². The second-order valence-electron chi connectivity index (χ2n) is 5.80. The Kier molecular flexibility index (Phi) is 4.65. The standard InChI is InChI=1S/C14H21N7O2/c1-2-4-11-17-12(23-19-11)8-20-6-3-5-10(7-20)21-9-16-14(18-21)13(15)22/h9-10H,2-8H2,1H3,(H2,15,22)/t10-/m0/s1. The topological polar surface area (TPSA) is 116 Å². The summed E-state index contributed by atoms with van der Waals surface area (Å²) in [5.74, 6) is 0.859. The number of aryl methyl sites for hydroxylation is 1. The van der Waals surface area contributed by atoms with Gasteiger partial charge in [0.05, 0.1) is 12.6 Å². The summed E-state index contributed by atoms with van der Waals surface area (Å²) in [6, 6.07) is 0.169. The van der Waals surface area contributed by atoms with Crippen molar-refractivity contribution in [3.63, 3.8) is 0 Å². The van der Waals surface area contributed by atoms with Gasteiger partial charge >= 0.3 is 0 Å². The lowest BCUT2D eigenvalue weighted by molar-refractivity contribution is 0.0988. The third kappa shape index (κ3) is 3.73. The lowest BCUT2D eigenvalue weighted by atomic mass is 10.1. The van der Waals surface area contributed by atoms with Crippen molar-refractivity contribution in [3.8, 4) is 0 Å².